The normalized spacial score (nSPS) is 33.1. The van der Waals surface area contributed by atoms with Gasteiger partial charge in [-0.05, 0) is 162 Å². The molecule has 1 aromatic rings. The lowest BCUT2D eigenvalue weighted by Gasteiger charge is -2.39. The highest BCUT2D eigenvalue weighted by Crippen LogP contribution is 2.46. The molecule has 0 aromatic carbocycles. The third-order valence-corrected chi connectivity index (χ3v) is 31.8. The van der Waals surface area contributed by atoms with Crippen LogP contribution in [0.5, 0.6) is 0 Å². The second-order valence-electron chi connectivity index (χ2n) is 38.4. The highest BCUT2D eigenvalue weighted by molar-refractivity contribution is 7.80. The lowest BCUT2D eigenvalue weighted by atomic mass is 9.99. The van der Waals surface area contributed by atoms with E-state index in [-0.39, 0.29) is 47.3 Å². The minimum absolute atomic E-state index is 0.0885. The van der Waals surface area contributed by atoms with Crippen LogP contribution < -0.4 is 43.1 Å². The second-order valence-corrected chi connectivity index (χ2v) is 64.8. The number of H-pyrrole nitrogens is 1. The summed E-state index contributed by atoms with van der Waals surface area (Å²) in [5.41, 5.74) is 0.963. The number of hydrogen-bond acceptors (Lipinski definition) is 29. The first kappa shape index (κ1) is 110. The van der Waals surface area contributed by atoms with Crippen molar-refractivity contribution >= 4 is 126 Å². The van der Waals surface area contributed by atoms with Crippen LogP contribution in [0.3, 0.4) is 0 Å². The third kappa shape index (κ3) is 31.1. The molecule has 0 radical (unpaired) electrons. The molecule has 12 heterocycles. The number of rotatable bonds is 24. The van der Waals surface area contributed by atoms with E-state index < -0.39 is 193 Å². The van der Waals surface area contributed by atoms with E-state index >= 15 is 0 Å². The number of hydrogen-bond donors (Lipinski definition) is 19. The fraction of sp³-hybridized carbons (Fsp3) is 0.624. The molecular formula is C85H143N13O24P6S. The van der Waals surface area contributed by atoms with Gasteiger partial charge in [0.25, 0.3) is 11.5 Å². The predicted octanol–water partition coefficient (Wildman–Crippen LogP) is 0.490. The van der Waals surface area contributed by atoms with Crippen LogP contribution in [-0.4, -0.2) is 435 Å². The second kappa shape index (κ2) is 45.6. The van der Waals surface area contributed by atoms with Gasteiger partial charge in [0.1, 0.15) is 120 Å². The van der Waals surface area contributed by atoms with Crippen molar-refractivity contribution in [1.82, 2.24) is 61.2 Å². The minimum atomic E-state index is -1.27. The van der Waals surface area contributed by atoms with Crippen molar-refractivity contribution in [2.45, 2.75) is 192 Å². The summed E-state index contributed by atoms with van der Waals surface area (Å²) in [6, 6.07) is -0.668. The van der Waals surface area contributed by atoms with E-state index in [4.69, 9.17) is 40.6 Å². The highest BCUT2D eigenvalue weighted by Gasteiger charge is 2.52. The van der Waals surface area contributed by atoms with E-state index in [9.17, 15) is 90.0 Å². The van der Waals surface area contributed by atoms with Crippen molar-refractivity contribution in [2.24, 2.45) is 18.1 Å². The quantitative estimate of drug-likeness (QED) is 0.0495. The summed E-state index contributed by atoms with van der Waals surface area (Å²) in [5.74, 6) is 0.458. The van der Waals surface area contributed by atoms with Crippen LogP contribution in [0.15, 0.2) is 118 Å². The van der Waals surface area contributed by atoms with Crippen molar-refractivity contribution in [3.63, 3.8) is 0 Å². The number of thiocarbonyl (C=S) groups is 1. The summed E-state index contributed by atoms with van der Waals surface area (Å²) in [7, 11) is 2.95. The zero-order chi connectivity index (χ0) is 97.3. The molecule has 6 amide bonds. The van der Waals surface area contributed by atoms with Crippen LogP contribution in [-0.2, 0) is 45.1 Å². The summed E-state index contributed by atoms with van der Waals surface area (Å²) in [6.45, 7) is 39.2. The molecule has 19 N–H and O–H groups in total. The van der Waals surface area contributed by atoms with Crippen LogP contribution in [0.2, 0.25) is 0 Å². The maximum Gasteiger partial charge on any atom is 0.328 e. The van der Waals surface area contributed by atoms with E-state index in [1.807, 2.05) is 0 Å². The number of nitrogens with zero attached hydrogens (tertiary/aromatic N) is 6. The number of aromatic amines is 1. The Balaban J connectivity index is 0.000000212. The van der Waals surface area contributed by atoms with E-state index in [0.29, 0.717) is 84.2 Å². The van der Waals surface area contributed by atoms with Gasteiger partial charge in [-0.1, -0.05) is 52.0 Å². The van der Waals surface area contributed by atoms with Crippen molar-refractivity contribution in [3.8, 4) is 0 Å². The Labute approximate surface area is 763 Å². The van der Waals surface area contributed by atoms with Gasteiger partial charge in [-0.15, -0.1) is 79.1 Å². The number of amides is 6. The molecule has 129 heavy (non-hydrogen) atoms. The lowest BCUT2D eigenvalue weighted by molar-refractivity contribution is -0.133. The van der Waals surface area contributed by atoms with Crippen LogP contribution in [0.25, 0.3) is 0 Å². The number of carbonyl (C=O) groups is 4. The predicted molar refractivity (Wildman–Crippen MR) is 527 cm³/mol. The third-order valence-electron chi connectivity index (χ3n) is 22.7. The van der Waals surface area contributed by atoms with Crippen molar-refractivity contribution in [3.05, 3.63) is 130 Å². The molecule has 11 aliphatic heterocycles. The number of aliphatic hydroxyl groups is 12. The Morgan fingerprint density at radius 3 is 1.26 bits per heavy atom. The highest BCUT2D eigenvalue weighted by atomic mass is 32.1. The minimum Gasteiger partial charge on any atom is -0.388 e. The Hall–Kier alpha value is -5.88. The molecule has 12 rings (SSSR count). The van der Waals surface area contributed by atoms with E-state index in [0.717, 1.165) is 47.8 Å². The Bertz CT molecular complexity index is 4740. The van der Waals surface area contributed by atoms with Gasteiger partial charge in [-0.2, -0.15) is 5.10 Å². The van der Waals surface area contributed by atoms with Crippen molar-refractivity contribution in [2.75, 3.05) is 131 Å². The number of urea groups is 2. The zero-order valence-corrected chi connectivity index (χ0v) is 83.1. The number of carbonyl (C=O) groups excluding carboxylic acids is 4. The molecule has 37 nitrogen and oxygen atoms in total. The van der Waals surface area contributed by atoms with Gasteiger partial charge >= 0.3 is 17.8 Å². The average molecular weight is 1950 g/mol. The van der Waals surface area contributed by atoms with Gasteiger partial charge in [0.05, 0.1) is 48.1 Å². The molecular weight excluding hydrogens is 1800 g/mol. The molecule has 7 fully saturated rings. The summed E-state index contributed by atoms with van der Waals surface area (Å²) in [4.78, 5) is 76.7. The maximum atomic E-state index is 12.1. The Morgan fingerprint density at radius 2 is 0.837 bits per heavy atom. The summed E-state index contributed by atoms with van der Waals surface area (Å²) >= 11 is 5.03. The summed E-state index contributed by atoms with van der Waals surface area (Å²) in [5, 5.41) is 143. The molecule has 7 unspecified atom stereocenters. The van der Waals surface area contributed by atoms with E-state index in [1.165, 1.54) is 29.4 Å². The summed E-state index contributed by atoms with van der Waals surface area (Å²) in [6.07, 6.45) is 23.3. The number of ether oxygens (including phenoxy) is 6. The van der Waals surface area contributed by atoms with E-state index in [2.05, 4.69) is 193 Å². The molecule has 11 aliphatic rings. The fourth-order valence-electron chi connectivity index (χ4n) is 15.0. The SMILES string of the molecule is C=C1NC(=O)C(C)CN1[C@@H]1OC(CCP(=C)(C)C)[C@@H](O)[C@H]1O.C=C1NC(=O)C=NN1[C@@H]1OC(CCP(=C)(C)C)[C@@H](O)[C@H]1O.C=C1NC(=O)N(C)C=C1[C@@H]1OC(CCP(=C)(C)C)[C@@H](O)[C@H]1O.C=C1NC(=O)NC=C1[C@@H]1OC(CCP(=C)(C)C)[C@@H](O)[C@H]1O.C=C1NC(=S)C=CN1[C@@H]1OC(CCP(=C)(C)C)[C@@H](O)[C@H]1O.C=P(C)(C)CCC1O[C@@H](c2c[nH]c(=O)n(C)c2=O)[C@H](O)[C@@H]1O. The Kier molecular flexibility index (Phi) is 39.0. The molecule has 0 bridgehead atoms. The van der Waals surface area contributed by atoms with Gasteiger partial charge < -0.3 is 141 Å². The number of hydrazone groups is 1. The molecule has 0 aliphatic carbocycles. The fourth-order valence-corrected chi connectivity index (χ4v) is 20.9. The molecule has 0 spiro atoms. The van der Waals surface area contributed by atoms with Crippen LogP contribution >= 0.6 is 53.5 Å². The first-order chi connectivity index (χ1) is 59.4. The van der Waals surface area contributed by atoms with Gasteiger partial charge in [0.2, 0.25) is 5.91 Å². The Morgan fingerprint density at radius 1 is 0.457 bits per heavy atom. The molecule has 728 valence electrons. The van der Waals surface area contributed by atoms with Gasteiger partial charge in [0, 0.05) is 68.0 Å². The molecule has 25 atom stereocenters. The largest absolute Gasteiger partial charge is 0.388 e. The number of aliphatic hydroxyl groups excluding tert-OH is 12. The first-order valence-electron chi connectivity index (χ1n) is 42.3. The summed E-state index contributed by atoms with van der Waals surface area (Å²) < 4.78 is 35.7. The average Bonchev–Trinajstić information content (AvgIpc) is 1.67. The zero-order valence-electron chi connectivity index (χ0n) is 76.9. The van der Waals surface area contributed by atoms with Crippen LogP contribution in [0, 0.1) is 5.92 Å². The molecule has 44 heteroatoms. The molecule has 1 aromatic heterocycles. The monoisotopic (exact) mass is 1950 g/mol. The molecule has 7 saturated heterocycles. The van der Waals surface area contributed by atoms with Crippen LogP contribution in [0.4, 0.5) is 9.59 Å². The van der Waals surface area contributed by atoms with E-state index in [1.54, 1.807) is 42.2 Å². The standard InChI is InChI=1S/C15H25N2O4P.C15H27N2O4P.C14H23N2O5P.C14H23N2O4P.C14H23N2O3PS.C13H22N3O4P/c1-9-10(8-17(2)15(20)16-9)14-13(19)12(18)11(21-14)6-7-22(3,4)5;1-9-8-17(10(2)16-14(9)20)15-13(19)12(18)11(21-15)6-7-22(3,4)5;1-16-13(19)8(7-15-14(16)20)12-11(18)10(17)9(21-12)5-6-22(2,3)4;1-8-9(7-15-14(19)16-8)13-12(18)11(17)10(20-13)5-6-21(2,3)4;1-9-15-11(21)5-7-16(9)14-13(18)12(17)10(19-14)6-8-20(2,3)4;1-8-15-10(17)7-14-16(8)13-12(19)11(18)9(20-13)5-6-21(2,3)4/h8,11-14,18-19H,1,3,6-7H2,2,4-5H3,(H,16,20);9,11-13,15,18-19H,2-3,6-8H2,1,4-5H3,(H,16,20);7,9-12,17-18H,2,5-6H2,1,3-4H3,(H,15,20);7,10-13,17-18H,1-2,5-6H2,3-4H3,(H2,15,16,19);5,7,10,12-14,17-18H,1-2,6,8H2,3-4H3,(H,15,21);7,9,11-13,18-19H,1-2,5-6H2,3-4H3,(H,15,17)/t11?,12-,13-,14+;9?,11?,12-,13-,15-;9?,10-,11-,12+;10?,11-,12-,13+;10?,12-,13-,14-;9?,11-,12-,13-/m111111/s1. The maximum absolute atomic E-state index is 12.1. The van der Waals surface area contributed by atoms with Gasteiger partial charge in [-0.3, -0.25) is 19.0 Å². The van der Waals surface area contributed by atoms with Crippen molar-refractivity contribution in [1.29, 1.82) is 0 Å². The van der Waals surface area contributed by atoms with Gasteiger partial charge in [-0.25, -0.2) is 19.4 Å². The number of aromatic nitrogens is 2. The smallest absolute Gasteiger partial charge is 0.328 e. The first-order valence-corrected chi connectivity index (χ1v) is 61.0. The van der Waals surface area contributed by atoms with Crippen molar-refractivity contribution < 1.29 is 109 Å². The lowest BCUT2D eigenvalue weighted by Crippen LogP contribution is -2.54. The molecule has 0 saturated carbocycles. The topological polar surface area (TPSA) is 519 Å². The number of nitrogens with one attached hydrogen (secondary N) is 7. The van der Waals surface area contributed by atoms with Gasteiger partial charge in [0.15, 0.2) is 18.7 Å². The van der Waals surface area contributed by atoms with Crippen LogP contribution in [0.1, 0.15) is 57.1 Å².